The lowest BCUT2D eigenvalue weighted by atomic mass is 10.4. The molecule has 1 N–H and O–H groups in total. The number of nitrogens with one attached hydrogen (secondary N) is 1. The van der Waals surface area contributed by atoms with Gasteiger partial charge in [0, 0.05) is 17.5 Å². The topological polar surface area (TPSA) is 34.1 Å². The van der Waals surface area contributed by atoms with Crippen LogP contribution in [0, 0.1) is 0 Å². The summed E-state index contributed by atoms with van der Waals surface area (Å²) in [4.78, 5) is 5.43. The fourth-order valence-corrected chi connectivity index (χ4v) is 1.85. The first-order chi connectivity index (χ1) is 7.38. The molecule has 0 aliphatic heterocycles. The van der Waals surface area contributed by atoms with E-state index >= 15 is 0 Å². The third-order valence-electron chi connectivity index (χ3n) is 1.99. The number of rotatable bonds is 4. The van der Waals surface area contributed by atoms with Gasteiger partial charge in [-0.25, -0.2) is 4.98 Å². The quantitative estimate of drug-likeness (QED) is 0.860. The van der Waals surface area contributed by atoms with E-state index in [2.05, 4.69) is 21.7 Å². The van der Waals surface area contributed by atoms with Crippen LogP contribution in [0.3, 0.4) is 0 Å². The Kier molecular flexibility index (Phi) is 3.19. The Morgan fingerprint density at radius 2 is 2.33 bits per heavy atom. The number of aromatic nitrogens is 1. The molecule has 2 aromatic rings. The SMILES string of the molecule is COc1ccc(NCc2cccs2)cn1. The second-order valence-corrected chi connectivity index (χ2v) is 4.05. The first-order valence-electron chi connectivity index (χ1n) is 4.65. The van der Waals surface area contributed by atoms with Gasteiger partial charge in [-0.1, -0.05) is 6.07 Å². The summed E-state index contributed by atoms with van der Waals surface area (Å²) in [6.45, 7) is 0.839. The largest absolute Gasteiger partial charge is 0.481 e. The Bertz CT molecular complexity index is 397. The fourth-order valence-electron chi connectivity index (χ4n) is 1.21. The van der Waals surface area contributed by atoms with Crippen LogP contribution in [0.15, 0.2) is 35.8 Å². The van der Waals surface area contributed by atoms with Crippen molar-refractivity contribution in [3.63, 3.8) is 0 Å². The maximum Gasteiger partial charge on any atom is 0.213 e. The number of thiophene rings is 1. The van der Waals surface area contributed by atoms with Gasteiger partial charge in [0.1, 0.15) is 0 Å². The Labute approximate surface area is 92.7 Å². The predicted molar refractivity (Wildman–Crippen MR) is 62.4 cm³/mol. The smallest absolute Gasteiger partial charge is 0.213 e. The first-order valence-corrected chi connectivity index (χ1v) is 5.53. The summed E-state index contributed by atoms with van der Waals surface area (Å²) in [5, 5.41) is 5.36. The van der Waals surface area contributed by atoms with Gasteiger partial charge in [0.25, 0.3) is 0 Å². The summed E-state index contributed by atoms with van der Waals surface area (Å²) in [5.41, 5.74) is 1.00. The molecule has 0 bridgehead atoms. The van der Waals surface area contributed by atoms with Crippen LogP contribution in [0.25, 0.3) is 0 Å². The summed E-state index contributed by atoms with van der Waals surface area (Å²) in [5.74, 6) is 0.636. The molecule has 78 valence electrons. The van der Waals surface area contributed by atoms with E-state index in [-0.39, 0.29) is 0 Å². The van der Waals surface area contributed by atoms with Crippen LogP contribution >= 0.6 is 11.3 Å². The van der Waals surface area contributed by atoms with Gasteiger partial charge in [-0.15, -0.1) is 11.3 Å². The normalized spacial score (nSPS) is 9.93. The van der Waals surface area contributed by atoms with E-state index < -0.39 is 0 Å². The van der Waals surface area contributed by atoms with Crippen LogP contribution in [0.4, 0.5) is 5.69 Å². The molecule has 4 heteroatoms. The highest BCUT2D eigenvalue weighted by atomic mass is 32.1. The van der Waals surface area contributed by atoms with Crippen LogP contribution in [-0.2, 0) is 6.54 Å². The van der Waals surface area contributed by atoms with E-state index in [4.69, 9.17) is 4.74 Å². The molecule has 0 atom stereocenters. The minimum absolute atomic E-state index is 0.636. The summed E-state index contributed by atoms with van der Waals surface area (Å²) >= 11 is 1.74. The second kappa shape index (κ2) is 4.79. The standard InChI is InChI=1S/C11H12N2OS/c1-14-11-5-4-9(7-13-11)12-8-10-3-2-6-15-10/h2-7,12H,8H2,1H3. The molecule has 0 fully saturated rings. The lowest BCUT2D eigenvalue weighted by Gasteiger charge is -2.04. The van der Waals surface area contributed by atoms with Crippen LogP contribution in [0.1, 0.15) is 4.88 Å². The van der Waals surface area contributed by atoms with Crippen LogP contribution in [-0.4, -0.2) is 12.1 Å². The van der Waals surface area contributed by atoms with Crippen molar-refractivity contribution in [2.24, 2.45) is 0 Å². The fraction of sp³-hybridized carbons (Fsp3) is 0.182. The Hall–Kier alpha value is -1.55. The van der Waals surface area contributed by atoms with Crippen molar-refractivity contribution in [3.8, 4) is 5.88 Å². The van der Waals surface area contributed by atoms with Gasteiger partial charge in [0.15, 0.2) is 0 Å². The number of ether oxygens (including phenoxy) is 1. The molecule has 2 heterocycles. The van der Waals surface area contributed by atoms with E-state index in [0.29, 0.717) is 5.88 Å². The molecule has 3 nitrogen and oxygen atoms in total. The molecular weight excluding hydrogens is 208 g/mol. The molecule has 2 aromatic heterocycles. The van der Waals surface area contributed by atoms with Crippen LogP contribution in [0.2, 0.25) is 0 Å². The third kappa shape index (κ3) is 2.70. The lowest BCUT2D eigenvalue weighted by molar-refractivity contribution is 0.398. The van der Waals surface area contributed by atoms with Gasteiger partial charge >= 0.3 is 0 Å². The number of methoxy groups -OCH3 is 1. The average Bonchev–Trinajstić information content (AvgIpc) is 2.80. The Balaban J connectivity index is 1.93. The van der Waals surface area contributed by atoms with Gasteiger partial charge in [-0.2, -0.15) is 0 Å². The van der Waals surface area contributed by atoms with Crippen LogP contribution < -0.4 is 10.1 Å². The van der Waals surface area contributed by atoms with E-state index in [1.165, 1.54) is 4.88 Å². The highest BCUT2D eigenvalue weighted by Gasteiger charge is 1.96. The van der Waals surface area contributed by atoms with Gasteiger partial charge in [0.05, 0.1) is 19.0 Å². The second-order valence-electron chi connectivity index (χ2n) is 3.02. The number of nitrogens with zero attached hydrogens (tertiary/aromatic N) is 1. The van der Waals surface area contributed by atoms with Crippen molar-refractivity contribution >= 4 is 17.0 Å². The molecule has 0 aliphatic rings. The van der Waals surface area contributed by atoms with Gasteiger partial charge < -0.3 is 10.1 Å². The molecule has 0 unspecified atom stereocenters. The zero-order valence-electron chi connectivity index (χ0n) is 8.43. The first kappa shape index (κ1) is 9.98. The zero-order valence-corrected chi connectivity index (χ0v) is 9.25. The van der Waals surface area contributed by atoms with E-state index in [9.17, 15) is 0 Å². The molecule has 0 amide bonds. The summed E-state index contributed by atoms with van der Waals surface area (Å²) in [6.07, 6.45) is 1.77. The molecule has 0 saturated heterocycles. The summed E-state index contributed by atoms with van der Waals surface area (Å²) in [7, 11) is 1.61. The molecular formula is C11H12N2OS. The van der Waals surface area contributed by atoms with Gasteiger partial charge in [-0.3, -0.25) is 0 Å². The van der Waals surface area contributed by atoms with Crippen molar-refractivity contribution in [1.82, 2.24) is 4.98 Å². The molecule has 2 rings (SSSR count). The highest BCUT2D eigenvalue weighted by Crippen LogP contribution is 2.14. The minimum atomic E-state index is 0.636. The molecule has 0 aromatic carbocycles. The van der Waals surface area contributed by atoms with Crippen molar-refractivity contribution in [2.45, 2.75) is 6.54 Å². The van der Waals surface area contributed by atoms with Crippen molar-refractivity contribution < 1.29 is 4.74 Å². The molecule has 0 aliphatic carbocycles. The van der Waals surface area contributed by atoms with Gasteiger partial charge in [-0.05, 0) is 17.5 Å². The number of anilines is 1. The van der Waals surface area contributed by atoms with E-state index in [1.54, 1.807) is 24.6 Å². The van der Waals surface area contributed by atoms with E-state index in [1.807, 2.05) is 18.2 Å². The average molecular weight is 220 g/mol. The maximum absolute atomic E-state index is 4.98. The molecule has 0 saturated carbocycles. The molecule has 0 spiro atoms. The number of hydrogen-bond donors (Lipinski definition) is 1. The van der Waals surface area contributed by atoms with Crippen molar-refractivity contribution in [3.05, 3.63) is 40.7 Å². The number of hydrogen-bond acceptors (Lipinski definition) is 4. The molecule has 15 heavy (non-hydrogen) atoms. The van der Waals surface area contributed by atoms with Crippen molar-refractivity contribution in [1.29, 1.82) is 0 Å². The van der Waals surface area contributed by atoms with Crippen LogP contribution in [0.5, 0.6) is 5.88 Å². The predicted octanol–water partition coefficient (Wildman–Crippen LogP) is 2.76. The van der Waals surface area contributed by atoms with Crippen molar-refractivity contribution in [2.75, 3.05) is 12.4 Å². The monoisotopic (exact) mass is 220 g/mol. The highest BCUT2D eigenvalue weighted by molar-refractivity contribution is 7.09. The lowest BCUT2D eigenvalue weighted by Crippen LogP contribution is -1.98. The Morgan fingerprint density at radius 3 is 2.93 bits per heavy atom. The molecule has 0 radical (unpaired) electrons. The number of pyridine rings is 1. The van der Waals surface area contributed by atoms with E-state index in [0.717, 1.165) is 12.2 Å². The summed E-state index contributed by atoms with van der Waals surface area (Å²) < 4.78 is 4.98. The zero-order chi connectivity index (χ0) is 10.5. The minimum Gasteiger partial charge on any atom is -0.481 e. The third-order valence-corrected chi connectivity index (χ3v) is 2.87. The van der Waals surface area contributed by atoms with Gasteiger partial charge in [0.2, 0.25) is 5.88 Å². The maximum atomic E-state index is 4.98. The Morgan fingerprint density at radius 1 is 1.40 bits per heavy atom. The summed E-state index contributed by atoms with van der Waals surface area (Å²) in [6, 6.07) is 7.96.